The highest BCUT2D eigenvalue weighted by molar-refractivity contribution is 6.75. The average molecular weight is 182 g/mol. The Morgan fingerprint density at radius 2 is 2.00 bits per heavy atom. The zero-order valence-corrected chi connectivity index (χ0v) is 9.68. The second kappa shape index (κ2) is 3.05. The first-order chi connectivity index (χ1) is 5.38. The molecule has 0 aliphatic heterocycles. The average Bonchev–Trinajstić information content (AvgIpc) is 2.07. The Morgan fingerprint density at radius 3 is 2.33 bits per heavy atom. The fourth-order valence-electron chi connectivity index (χ4n) is 1.26. The SMILES string of the molecule is Cc1cc(C[Si](C)(C)C)nn1C. The molecule has 0 amide bonds. The van der Waals surface area contributed by atoms with Gasteiger partial charge in [0.25, 0.3) is 0 Å². The van der Waals surface area contributed by atoms with Crippen LogP contribution in [0.1, 0.15) is 11.4 Å². The first-order valence-corrected chi connectivity index (χ1v) is 8.09. The second-order valence-electron chi connectivity index (χ2n) is 4.64. The van der Waals surface area contributed by atoms with Gasteiger partial charge < -0.3 is 0 Å². The summed E-state index contributed by atoms with van der Waals surface area (Å²) in [6, 6.07) is 3.38. The molecular weight excluding hydrogens is 164 g/mol. The number of hydrogen-bond acceptors (Lipinski definition) is 1. The number of nitrogens with zero attached hydrogens (tertiary/aromatic N) is 2. The van der Waals surface area contributed by atoms with Crippen LogP contribution in [0.3, 0.4) is 0 Å². The van der Waals surface area contributed by atoms with E-state index in [9.17, 15) is 0 Å². The third-order valence-electron chi connectivity index (χ3n) is 1.88. The Bertz CT molecular complexity index is 251. The fourth-order valence-corrected chi connectivity index (χ4v) is 2.52. The van der Waals surface area contributed by atoms with E-state index < -0.39 is 8.07 Å². The van der Waals surface area contributed by atoms with Gasteiger partial charge in [-0.05, 0) is 19.0 Å². The van der Waals surface area contributed by atoms with E-state index in [-0.39, 0.29) is 0 Å². The summed E-state index contributed by atoms with van der Waals surface area (Å²) in [6.07, 6.45) is 0. The van der Waals surface area contributed by atoms with Crippen LogP contribution in [0, 0.1) is 6.92 Å². The van der Waals surface area contributed by atoms with Gasteiger partial charge in [-0.2, -0.15) is 5.10 Å². The van der Waals surface area contributed by atoms with Gasteiger partial charge in [-0.3, -0.25) is 4.68 Å². The van der Waals surface area contributed by atoms with E-state index in [1.807, 2.05) is 11.7 Å². The van der Waals surface area contributed by atoms with Crippen LogP contribution in [0.15, 0.2) is 6.07 Å². The van der Waals surface area contributed by atoms with Crippen LogP contribution in [-0.2, 0) is 13.1 Å². The largest absolute Gasteiger partial charge is 0.273 e. The maximum atomic E-state index is 4.45. The number of aromatic nitrogens is 2. The molecule has 1 aromatic heterocycles. The number of hydrogen-bond donors (Lipinski definition) is 0. The Balaban J connectivity index is 2.77. The topological polar surface area (TPSA) is 17.8 Å². The van der Waals surface area contributed by atoms with E-state index in [0.29, 0.717) is 0 Å². The highest BCUT2D eigenvalue weighted by Gasteiger charge is 2.15. The molecule has 0 unspecified atom stereocenters. The van der Waals surface area contributed by atoms with E-state index >= 15 is 0 Å². The van der Waals surface area contributed by atoms with Crippen LogP contribution >= 0.6 is 0 Å². The molecule has 0 aromatic carbocycles. The van der Waals surface area contributed by atoms with Crippen LogP contribution < -0.4 is 0 Å². The van der Waals surface area contributed by atoms with Gasteiger partial charge in [-0.15, -0.1) is 0 Å². The molecule has 1 rings (SSSR count). The second-order valence-corrected chi connectivity index (χ2v) is 10.1. The first kappa shape index (κ1) is 9.51. The van der Waals surface area contributed by atoms with Gasteiger partial charge in [-0.25, -0.2) is 0 Å². The summed E-state index contributed by atoms with van der Waals surface area (Å²) in [7, 11) is 1.02. The van der Waals surface area contributed by atoms with Crippen molar-refractivity contribution in [3.8, 4) is 0 Å². The molecule has 0 spiro atoms. The van der Waals surface area contributed by atoms with Gasteiger partial charge in [0, 0.05) is 12.7 Å². The Morgan fingerprint density at radius 1 is 1.42 bits per heavy atom. The van der Waals surface area contributed by atoms with Gasteiger partial charge in [0.05, 0.1) is 13.8 Å². The monoisotopic (exact) mass is 182 g/mol. The lowest BCUT2D eigenvalue weighted by molar-refractivity contribution is 0.728. The molecule has 0 aliphatic rings. The van der Waals surface area contributed by atoms with E-state index in [1.165, 1.54) is 17.4 Å². The van der Waals surface area contributed by atoms with Crippen LogP contribution in [-0.4, -0.2) is 17.9 Å². The van der Waals surface area contributed by atoms with Crippen LogP contribution in [0.5, 0.6) is 0 Å². The normalized spacial score (nSPS) is 12.1. The zero-order valence-electron chi connectivity index (χ0n) is 8.68. The maximum Gasteiger partial charge on any atom is 0.0600 e. The van der Waals surface area contributed by atoms with Crippen LogP contribution in [0.2, 0.25) is 19.6 Å². The van der Waals surface area contributed by atoms with E-state index in [1.54, 1.807) is 0 Å². The summed E-state index contributed by atoms with van der Waals surface area (Å²) in [5.74, 6) is 0. The summed E-state index contributed by atoms with van der Waals surface area (Å²) < 4.78 is 1.95. The lowest BCUT2D eigenvalue weighted by atomic mass is 10.4. The lowest BCUT2D eigenvalue weighted by Gasteiger charge is -2.12. The standard InChI is InChI=1S/C9H18N2Si/c1-8-6-9(10-11(8)2)7-12(3,4)5/h6H,7H2,1-5H3. The summed E-state index contributed by atoms with van der Waals surface area (Å²) in [5, 5.41) is 4.45. The molecule has 0 radical (unpaired) electrons. The highest BCUT2D eigenvalue weighted by atomic mass is 28.3. The molecule has 12 heavy (non-hydrogen) atoms. The molecule has 0 bridgehead atoms. The quantitative estimate of drug-likeness (QED) is 0.641. The summed E-state index contributed by atoms with van der Waals surface area (Å²) >= 11 is 0. The summed E-state index contributed by atoms with van der Waals surface area (Å²) in [6.45, 7) is 9.21. The minimum atomic E-state index is -0.983. The molecular formula is C9H18N2Si. The Labute approximate surface area is 75.6 Å². The van der Waals surface area contributed by atoms with Gasteiger partial charge in [0.2, 0.25) is 0 Å². The molecule has 1 heterocycles. The predicted molar refractivity (Wildman–Crippen MR) is 55.0 cm³/mol. The van der Waals surface area contributed by atoms with Crippen molar-refractivity contribution in [2.75, 3.05) is 0 Å². The summed E-state index contributed by atoms with van der Waals surface area (Å²) in [5.41, 5.74) is 2.51. The number of aryl methyl sites for hydroxylation is 2. The van der Waals surface area contributed by atoms with E-state index in [2.05, 4.69) is 37.7 Å². The van der Waals surface area contributed by atoms with Crippen molar-refractivity contribution >= 4 is 8.07 Å². The summed E-state index contributed by atoms with van der Waals surface area (Å²) in [4.78, 5) is 0. The smallest absolute Gasteiger partial charge is 0.0600 e. The molecule has 0 fully saturated rings. The van der Waals surface area contributed by atoms with Crippen molar-refractivity contribution in [3.63, 3.8) is 0 Å². The van der Waals surface area contributed by atoms with Gasteiger partial charge in [0.1, 0.15) is 0 Å². The molecule has 1 aromatic rings. The number of rotatable bonds is 2. The van der Waals surface area contributed by atoms with Crippen molar-refractivity contribution in [2.24, 2.45) is 7.05 Å². The maximum absolute atomic E-state index is 4.45. The molecule has 0 N–H and O–H groups in total. The minimum Gasteiger partial charge on any atom is -0.273 e. The fraction of sp³-hybridized carbons (Fsp3) is 0.667. The molecule has 0 saturated heterocycles. The third kappa shape index (κ3) is 2.48. The predicted octanol–water partition coefficient (Wildman–Crippen LogP) is 2.15. The van der Waals surface area contributed by atoms with Crippen molar-refractivity contribution in [1.82, 2.24) is 9.78 Å². The van der Waals surface area contributed by atoms with Gasteiger partial charge in [0.15, 0.2) is 0 Å². The molecule has 0 aliphatic carbocycles. The Hall–Kier alpha value is -0.573. The molecule has 0 atom stereocenters. The van der Waals surface area contributed by atoms with Crippen molar-refractivity contribution in [1.29, 1.82) is 0 Å². The highest BCUT2D eigenvalue weighted by Crippen LogP contribution is 2.10. The minimum absolute atomic E-state index is 0.983. The van der Waals surface area contributed by atoms with Crippen molar-refractivity contribution < 1.29 is 0 Å². The third-order valence-corrected chi connectivity index (χ3v) is 3.30. The molecule has 3 heteroatoms. The Kier molecular flexibility index (Phi) is 2.42. The zero-order chi connectivity index (χ0) is 9.35. The van der Waals surface area contributed by atoms with Crippen molar-refractivity contribution in [2.45, 2.75) is 32.6 Å². The molecule has 68 valence electrons. The van der Waals surface area contributed by atoms with Crippen molar-refractivity contribution in [3.05, 3.63) is 17.5 Å². The van der Waals surface area contributed by atoms with Crippen LogP contribution in [0.4, 0.5) is 0 Å². The van der Waals surface area contributed by atoms with E-state index in [4.69, 9.17) is 0 Å². The first-order valence-electron chi connectivity index (χ1n) is 4.38. The molecule has 2 nitrogen and oxygen atoms in total. The lowest BCUT2D eigenvalue weighted by Crippen LogP contribution is -2.24. The van der Waals surface area contributed by atoms with E-state index in [0.717, 1.165) is 0 Å². The molecule has 0 saturated carbocycles. The van der Waals surface area contributed by atoms with Gasteiger partial charge >= 0.3 is 0 Å². The van der Waals surface area contributed by atoms with Crippen LogP contribution in [0.25, 0.3) is 0 Å². The van der Waals surface area contributed by atoms with Gasteiger partial charge in [-0.1, -0.05) is 19.6 Å².